The van der Waals surface area contributed by atoms with Gasteiger partial charge in [0.05, 0.1) is 12.5 Å². The molecule has 5 heteroatoms. The zero-order valence-corrected chi connectivity index (χ0v) is 17.9. The number of hydrogen-bond acceptors (Lipinski definition) is 4. The third-order valence-corrected chi connectivity index (χ3v) is 6.13. The number of hydrogen-bond donors (Lipinski definition) is 1. The van der Waals surface area contributed by atoms with E-state index in [-0.39, 0.29) is 0 Å². The number of benzene rings is 2. The summed E-state index contributed by atoms with van der Waals surface area (Å²) in [5.41, 5.74) is 5.39. The molecule has 0 unspecified atom stereocenters. The first kappa shape index (κ1) is 20.5. The molecule has 0 radical (unpaired) electrons. The smallest absolute Gasteiger partial charge is 0.310 e. The molecule has 2 aliphatic rings. The molecule has 0 aliphatic carbocycles. The molecule has 2 aliphatic heterocycles. The monoisotopic (exact) mass is 407 g/mol. The summed E-state index contributed by atoms with van der Waals surface area (Å²) in [6, 6.07) is 14.4. The summed E-state index contributed by atoms with van der Waals surface area (Å²) >= 11 is 0. The van der Waals surface area contributed by atoms with E-state index in [1.165, 1.54) is 16.7 Å². The van der Waals surface area contributed by atoms with Gasteiger partial charge in [-0.1, -0.05) is 29.8 Å². The molecule has 2 aromatic rings. The summed E-state index contributed by atoms with van der Waals surface area (Å²) in [6.07, 6.45) is 1.84. The first-order chi connectivity index (χ1) is 14.4. The van der Waals surface area contributed by atoms with Crippen molar-refractivity contribution in [1.82, 2.24) is 4.90 Å². The predicted octanol–water partition coefficient (Wildman–Crippen LogP) is 4.60. The highest BCUT2D eigenvalue weighted by Crippen LogP contribution is 2.41. The third kappa shape index (κ3) is 3.94. The molecule has 1 fully saturated rings. The van der Waals surface area contributed by atoms with Crippen LogP contribution in [0.25, 0.3) is 5.57 Å². The molecule has 0 bridgehead atoms. The number of fused-ring (bicyclic) bond motifs is 2. The van der Waals surface area contributed by atoms with Crippen LogP contribution in [0.15, 0.2) is 48.0 Å². The van der Waals surface area contributed by atoms with Gasteiger partial charge in [0.15, 0.2) is 0 Å². The number of methoxy groups -OCH3 is 1. The maximum absolute atomic E-state index is 11.5. The Balaban J connectivity index is 1.70. The fourth-order valence-electron chi connectivity index (χ4n) is 4.40. The molecule has 158 valence electrons. The van der Waals surface area contributed by atoms with E-state index in [1.807, 2.05) is 18.2 Å². The number of aliphatic carboxylic acids is 1. The highest BCUT2D eigenvalue weighted by Gasteiger charge is 2.32. The SMILES string of the molecule is COc1ccc2c(c1)COc1ccccc1C2=C1CCN(CC(C)(C)C(=O)O)CC1. The topological polar surface area (TPSA) is 59.0 Å². The van der Waals surface area contributed by atoms with Crippen LogP contribution in [-0.2, 0) is 11.4 Å². The minimum Gasteiger partial charge on any atom is -0.497 e. The molecule has 5 nitrogen and oxygen atoms in total. The van der Waals surface area contributed by atoms with Crippen molar-refractivity contribution in [3.63, 3.8) is 0 Å². The highest BCUT2D eigenvalue weighted by molar-refractivity contribution is 5.87. The normalized spacial score (nSPS) is 16.9. The molecule has 2 aromatic carbocycles. The van der Waals surface area contributed by atoms with Gasteiger partial charge in [0.2, 0.25) is 0 Å². The second-order valence-corrected chi connectivity index (χ2v) is 8.75. The Labute approximate surface area is 177 Å². The number of nitrogens with zero attached hydrogens (tertiary/aromatic N) is 1. The van der Waals surface area contributed by atoms with Gasteiger partial charge in [-0.3, -0.25) is 4.79 Å². The lowest BCUT2D eigenvalue weighted by atomic mass is 9.85. The van der Waals surface area contributed by atoms with Crippen LogP contribution in [0.4, 0.5) is 0 Å². The molecule has 30 heavy (non-hydrogen) atoms. The van der Waals surface area contributed by atoms with E-state index in [0.29, 0.717) is 13.2 Å². The molecule has 1 N–H and O–H groups in total. The van der Waals surface area contributed by atoms with Crippen LogP contribution in [-0.4, -0.2) is 42.7 Å². The molecule has 0 aromatic heterocycles. The van der Waals surface area contributed by atoms with Crippen LogP contribution in [0, 0.1) is 5.41 Å². The quantitative estimate of drug-likeness (QED) is 0.803. The van der Waals surface area contributed by atoms with Crippen LogP contribution >= 0.6 is 0 Å². The third-order valence-electron chi connectivity index (χ3n) is 6.13. The van der Waals surface area contributed by atoms with E-state index in [0.717, 1.165) is 48.6 Å². The number of carboxylic acids is 1. The first-order valence-corrected chi connectivity index (χ1v) is 10.5. The Morgan fingerprint density at radius 1 is 1.13 bits per heavy atom. The largest absolute Gasteiger partial charge is 0.497 e. The standard InChI is InChI=1S/C25H29NO4/c1-25(2,24(27)28)16-26-12-10-17(11-13-26)23-20-9-8-19(29-3)14-18(20)15-30-22-7-5-4-6-21(22)23/h4-9,14H,10-13,15-16H2,1-3H3,(H,27,28). The van der Waals surface area contributed by atoms with Gasteiger partial charge in [0.1, 0.15) is 18.1 Å². The number of carbonyl (C=O) groups is 1. The Kier molecular flexibility index (Phi) is 5.56. The summed E-state index contributed by atoms with van der Waals surface area (Å²) in [6.45, 7) is 6.41. The molecular formula is C25H29NO4. The van der Waals surface area contributed by atoms with Gasteiger partial charge < -0.3 is 19.5 Å². The second-order valence-electron chi connectivity index (χ2n) is 8.75. The Bertz CT molecular complexity index is 982. The molecule has 0 spiro atoms. The van der Waals surface area contributed by atoms with Crippen LogP contribution in [0.2, 0.25) is 0 Å². The lowest BCUT2D eigenvalue weighted by Crippen LogP contribution is -2.42. The van der Waals surface area contributed by atoms with Crippen LogP contribution < -0.4 is 9.47 Å². The summed E-state index contributed by atoms with van der Waals surface area (Å²) in [7, 11) is 1.68. The van der Waals surface area contributed by atoms with Gasteiger partial charge in [-0.15, -0.1) is 0 Å². The van der Waals surface area contributed by atoms with E-state index >= 15 is 0 Å². The van der Waals surface area contributed by atoms with Crippen molar-refractivity contribution in [2.24, 2.45) is 5.41 Å². The molecule has 0 atom stereocenters. The van der Waals surface area contributed by atoms with Gasteiger partial charge in [0, 0.05) is 30.8 Å². The van der Waals surface area contributed by atoms with Crippen molar-refractivity contribution in [3.05, 3.63) is 64.7 Å². The van der Waals surface area contributed by atoms with Crippen molar-refractivity contribution in [2.45, 2.75) is 33.3 Å². The summed E-state index contributed by atoms with van der Waals surface area (Å²) in [5, 5.41) is 9.46. The van der Waals surface area contributed by atoms with E-state index in [9.17, 15) is 9.90 Å². The fraction of sp³-hybridized carbons (Fsp3) is 0.400. The number of piperidine rings is 1. The molecule has 1 saturated heterocycles. The fourth-order valence-corrected chi connectivity index (χ4v) is 4.40. The number of likely N-dealkylation sites (tertiary alicyclic amines) is 1. The van der Waals surface area contributed by atoms with Crippen molar-refractivity contribution in [1.29, 1.82) is 0 Å². The van der Waals surface area contributed by atoms with Crippen molar-refractivity contribution in [3.8, 4) is 11.5 Å². The summed E-state index contributed by atoms with van der Waals surface area (Å²) in [4.78, 5) is 13.8. The minimum atomic E-state index is -0.746. The molecule has 4 rings (SSSR count). The first-order valence-electron chi connectivity index (χ1n) is 10.5. The van der Waals surface area contributed by atoms with Crippen LogP contribution in [0.3, 0.4) is 0 Å². The van der Waals surface area contributed by atoms with E-state index in [4.69, 9.17) is 9.47 Å². The second kappa shape index (κ2) is 8.15. The van der Waals surface area contributed by atoms with E-state index in [1.54, 1.807) is 21.0 Å². The minimum absolute atomic E-state index is 0.513. The van der Waals surface area contributed by atoms with E-state index in [2.05, 4.69) is 29.2 Å². The zero-order chi connectivity index (χ0) is 21.3. The van der Waals surface area contributed by atoms with Gasteiger partial charge in [-0.05, 0) is 56.0 Å². The van der Waals surface area contributed by atoms with Gasteiger partial charge in [-0.2, -0.15) is 0 Å². The predicted molar refractivity (Wildman–Crippen MR) is 117 cm³/mol. The van der Waals surface area contributed by atoms with Gasteiger partial charge in [0.25, 0.3) is 0 Å². The Hall–Kier alpha value is -2.79. The Morgan fingerprint density at radius 3 is 2.57 bits per heavy atom. The molecule has 0 amide bonds. The molecule has 0 saturated carbocycles. The molecule has 2 heterocycles. The van der Waals surface area contributed by atoms with Gasteiger partial charge >= 0.3 is 5.97 Å². The molecular weight excluding hydrogens is 378 g/mol. The number of carboxylic acid groups (broad SMARTS) is 1. The maximum Gasteiger partial charge on any atom is 0.310 e. The number of rotatable bonds is 4. The maximum atomic E-state index is 11.5. The zero-order valence-electron chi connectivity index (χ0n) is 17.9. The Morgan fingerprint density at radius 2 is 1.87 bits per heavy atom. The van der Waals surface area contributed by atoms with Crippen LogP contribution in [0.1, 0.15) is 43.4 Å². The van der Waals surface area contributed by atoms with Crippen molar-refractivity contribution in [2.75, 3.05) is 26.7 Å². The number of ether oxygens (including phenoxy) is 2. The van der Waals surface area contributed by atoms with Crippen LogP contribution in [0.5, 0.6) is 11.5 Å². The van der Waals surface area contributed by atoms with Crippen molar-refractivity contribution >= 4 is 11.5 Å². The number of para-hydroxylation sites is 1. The average Bonchev–Trinajstić information content (AvgIpc) is 2.90. The lowest BCUT2D eigenvalue weighted by molar-refractivity contribution is -0.148. The summed E-state index contributed by atoms with van der Waals surface area (Å²) < 4.78 is 11.6. The van der Waals surface area contributed by atoms with Crippen molar-refractivity contribution < 1.29 is 19.4 Å². The summed E-state index contributed by atoms with van der Waals surface area (Å²) in [5.74, 6) is 0.993. The lowest BCUT2D eigenvalue weighted by Gasteiger charge is -2.34. The highest BCUT2D eigenvalue weighted by atomic mass is 16.5. The average molecular weight is 408 g/mol. The van der Waals surface area contributed by atoms with E-state index < -0.39 is 11.4 Å². The van der Waals surface area contributed by atoms with Gasteiger partial charge in [-0.25, -0.2) is 0 Å².